The Labute approximate surface area is 270 Å². The predicted molar refractivity (Wildman–Crippen MR) is 168 cm³/mol. The Morgan fingerprint density at radius 3 is 2.32 bits per heavy atom. The zero-order chi connectivity index (χ0) is 33.4. The number of benzene rings is 2. The van der Waals surface area contributed by atoms with Gasteiger partial charge in [-0.2, -0.15) is 13.2 Å². The van der Waals surface area contributed by atoms with Crippen molar-refractivity contribution in [2.75, 3.05) is 49.9 Å². The summed E-state index contributed by atoms with van der Waals surface area (Å²) in [5.41, 5.74) is 0.243. The van der Waals surface area contributed by atoms with Crippen LogP contribution in [-0.4, -0.2) is 95.8 Å². The number of nitrogens with one attached hydrogen (secondary N) is 1. The molecule has 6 rings (SSSR count). The Morgan fingerprint density at radius 1 is 0.957 bits per heavy atom. The highest BCUT2D eigenvalue weighted by molar-refractivity contribution is 7.89. The summed E-state index contributed by atoms with van der Waals surface area (Å²) in [4.78, 5) is 43.0. The molecule has 0 aliphatic carbocycles. The molecule has 2 aromatic carbocycles. The van der Waals surface area contributed by atoms with Crippen molar-refractivity contribution in [2.45, 2.75) is 37.9 Å². The Hall–Kier alpha value is -4.37. The van der Waals surface area contributed by atoms with E-state index in [1.807, 2.05) is 11.8 Å². The van der Waals surface area contributed by atoms with Crippen LogP contribution in [0.5, 0.6) is 0 Å². The van der Waals surface area contributed by atoms with Crippen LogP contribution in [0.4, 0.5) is 19.1 Å². The van der Waals surface area contributed by atoms with Crippen LogP contribution in [0.2, 0.25) is 0 Å². The molecular formula is C32H34F3N7O4S. The third-order valence-corrected chi connectivity index (χ3v) is 10.9. The predicted octanol–water partition coefficient (Wildman–Crippen LogP) is 3.05. The van der Waals surface area contributed by atoms with E-state index in [1.54, 1.807) is 41.6 Å². The fourth-order valence-corrected chi connectivity index (χ4v) is 7.67. The number of halogens is 3. The molecule has 4 heterocycles. The van der Waals surface area contributed by atoms with Crippen LogP contribution in [0.25, 0.3) is 0 Å². The molecule has 248 valence electrons. The summed E-state index contributed by atoms with van der Waals surface area (Å²) in [6.07, 6.45) is -0.686. The van der Waals surface area contributed by atoms with Crippen molar-refractivity contribution < 1.29 is 31.2 Å². The van der Waals surface area contributed by atoms with Gasteiger partial charge in [0.1, 0.15) is 11.4 Å². The lowest BCUT2D eigenvalue weighted by Crippen LogP contribution is -2.50. The smallest absolute Gasteiger partial charge is 0.337 e. The van der Waals surface area contributed by atoms with E-state index >= 15 is 0 Å². The van der Waals surface area contributed by atoms with E-state index in [4.69, 9.17) is 0 Å². The number of piperidine rings is 1. The van der Waals surface area contributed by atoms with Crippen molar-refractivity contribution in [3.63, 3.8) is 0 Å². The molecule has 3 aliphatic rings. The number of amidine groups is 1. The average Bonchev–Trinajstić information content (AvgIpc) is 3.38. The lowest BCUT2D eigenvalue weighted by Gasteiger charge is -2.35. The molecule has 3 aliphatic heterocycles. The number of carbonyl (C=O) groups is 2. The van der Waals surface area contributed by atoms with Gasteiger partial charge in [0.25, 0.3) is 11.8 Å². The Balaban J connectivity index is 1.04. The number of hydrogen-bond acceptors (Lipinski definition) is 8. The second-order valence-corrected chi connectivity index (χ2v) is 14.0. The molecule has 1 aromatic heterocycles. The lowest BCUT2D eigenvalue weighted by atomic mass is 9.89. The standard InChI is InChI=1S/C32H34F3N7O4S/c1-22-20-25(28(43)40-15-17-41(18-16-40)30-36-11-3-12-37-30)7-6-23(22)8-19-47(45,46)42-13-9-31(10-14-42)29(44)38-27(39-31)24-4-2-5-26(21-24)32(33,34)35/h2-7,11-12,20-21H,8-10,13-19H2,1H3,(H,38,39,44). The summed E-state index contributed by atoms with van der Waals surface area (Å²) >= 11 is 0. The largest absolute Gasteiger partial charge is 0.416 e. The second kappa shape index (κ2) is 12.7. The zero-order valence-corrected chi connectivity index (χ0v) is 26.5. The van der Waals surface area contributed by atoms with Crippen molar-refractivity contribution in [1.29, 1.82) is 0 Å². The number of aryl methyl sites for hydroxylation is 2. The second-order valence-electron chi connectivity index (χ2n) is 12.0. The maximum absolute atomic E-state index is 13.3. The molecule has 0 atom stereocenters. The quantitative estimate of drug-likeness (QED) is 0.410. The van der Waals surface area contributed by atoms with Crippen LogP contribution in [0, 0.1) is 6.92 Å². The van der Waals surface area contributed by atoms with Gasteiger partial charge in [-0.15, -0.1) is 0 Å². The van der Waals surface area contributed by atoms with E-state index in [1.165, 1.54) is 16.4 Å². The van der Waals surface area contributed by atoms with Crippen LogP contribution in [0.1, 0.15) is 45.5 Å². The van der Waals surface area contributed by atoms with Crippen molar-refractivity contribution in [3.8, 4) is 0 Å². The number of alkyl halides is 3. The van der Waals surface area contributed by atoms with Gasteiger partial charge in [-0.1, -0.05) is 18.2 Å². The molecule has 1 spiro atoms. The monoisotopic (exact) mass is 669 g/mol. The molecule has 11 nitrogen and oxygen atoms in total. The Kier molecular flexibility index (Phi) is 8.78. The van der Waals surface area contributed by atoms with E-state index in [0.29, 0.717) is 37.7 Å². The highest BCUT2D eigenvalue weighted by Crippen LogP contribution is 2.34. The Morgan fingerprint density at radius 2 is 1.66 bits per heavy atom. The van der Waals surface area contributed by atoms with Crippen molar-refractivity contribution in [3.05, 3.63) is 88.7 Å². The molecule has 0 saturated carbocycles. The van der Waals surface area contributed by atoms with Crippen LogP contribution in [-0.2, 0) is 27.4 Å². The maximum Gasteiger partial charge on any atom is 0.416 e. The number of aliphatic imine (C=N–C) groups is 1. The molecule has 2 fully saturated rings. The van der Waals surface area contributed by atoms with Crippen molar-refractivity contribution in [1.82, 2.24) is 24.5 Å². The van der Waals surface area contributed by atoms with E-state index in [2.05, 4.69) is 20.3 Å². The Bertz CT molecular complexity index is 1800. The van der Waals surface area contributed by atoms with Crippen LogP contribution in [0.3, 0.4) is 0 Å². The number of carbonyl (C=O) groups excluding carboxylic acids is 2. The molecule has 47 heavy (non-hydrogen) atoms. The van der Waals surface area contributed by atoms with Gasteiger partial charge in [0.2, 0.25) is 16.0 Å². The first-order valence-electron chi connectivity index (χ1n) is 15.3. The number of anilines is 1. The van der Waals surface area contributed by atoms with Gasteiger partial charge in [0.05, 0.1) is 11.3 Å². The minimum atomic E-state index is -4.54. The highest BCUT2D eigenvalue weighted by atomic mass is 32.2. The van der Waals surface area contributed by atoms with Crippen LogP contribution >= 0.6 is 0 Å². The summed E-state index contributed by atoms with van der Waals surface area (Å²) in [6, 6.07) is 11.7. The number of aromatic nitrogens is 2. The molecule has 3 aromatic rings. The topological polar surface area (TPSA) is 128 Å². The van der Waals surface area contributed by atoms with Crippen molar-refractivity contribution >= 4 is 33.6 Å². The number of hydrogen-bond donors (Lipinski definition) is 1. The normalized spacial score (nSPS) is 18.7. The first kappa shape index (κ1) is 32.6. The van der Waals surface area contributed by atoms with Crippen LogP contribution in [0.15, 0.2) is 65.9 Å². The minimum Gasteiger partial charge on any atom is -0.337 e. The average molecular weight is 670 g/mol. The van der Waals surface area contributed by atoms with Crippen LogP contribution < -0.4 is 10.2 Å². The van der Waals surface area contributed by atoms with Gasteiger partial charge >= 0.3 is 6.18 Å². The third-order valence-electron chi connectivity index (χ3n) is 9.01. The third kappa shape index (κ3) is 6.86. The number of amides is 2. The number of piperazine rings is 1. The summed E-state index contributed by atoms with van der Waals surface area (Å²) in [5.74, 6) is 0.0124. The molecule has 1 N–H and O–H groups in total. The summed E-state index contributed by atoms with van der Waals surface area (Å²) in [5, 5.41) is 2.60. The molecule has 0 bridgehead atoms. The summed E-state index contributed by atoms with van der Waals surface area (Å²) < 4.78 is 67.5. The number of nitrogens with zero attached hydrogens (tertiary/aromatic N) is 6. The first-order valence-corrected chi connectivity index (χ1v) is 16.9. The maximum atomic E-state index is 13.3. The van der Waals surface area contributed by atoms with E-state index in [-0.39, 0.29) is 55.4 Å². The fourth-order valence-electron chi connectivity index (χ4n) is 6.19. The van der Waals surface area contributed by atoms with Gasteiger partial charge in [-0.25, -0.2) is 22.7 Å². The van der Waals surface area contributed by atoms with E-state index < -0.39 is 33.2 Å². The summed E-state index contributed by atoms with van der Waals surface area (Å²) in [7, 11) is -3.68. The van der Waals surface area contributed by atoms with Gasteiger partial charge in [0, 0.05) is 62.8 Å². The molecule has 0 unspecified atom stereocenters. The van der Waals surface area contributed by atoms with E-state index in [0.717, 1.165) is 23.3 Å². The molecule has 2 amide bonds. The zero-order valence-electron chi connectivity index (χ0n) is 25.7. The molecular weight excluding hydrogens is 635 g/mol. The van der Waals surface area contributed by atoms with Gasteiger partial charge in [0.15, 0.2) is 0 Å². The van der Waals surface area contributed by atoms with Gasteiger partial charge in [-0.05, 0) is 67.6 Å². The SMILES string of the molecule is Cc1cc(C(=O)N2CCN(c3ncccn3)CC2)ccc1CCS(=O)(=O)N1CCC2(CC1)N=C(c1cccc(C(F)(F)F)c1)NC2=O. The van der Waals surface area contributed by atoms with Crippen molar-refractivity contribution in [2.24, 2.45) is 4.99 Å². The fraction of sp³-hybridized carbons (Fsp3) is 0.406. The molecule has 15 heteroatoms. The first-order chi connectivity index (χ1) is 22.3. The molecule has 2 saturated heterocycles. The lowest BCUT2D eigenvalue weighted by molar-refractivity contribution is -0.137. The minimum absolute atomic E-state index is 0.0545. The molecule has 0 radical (unpaired) electrons. The van der Waals surface area contributed by atoms with E-state index in [9.17, 15) is 31.2 Å². The summed E-state index contributed by atoms with van der Waals surface area (Å²) in [6.45, 7) is 4.29. The van der Waals surface area contributed by atoms with Gasteiger partial charge in [-0.3, -0.25) is 14.6 Å². The highest BCUT2D eigenvalue weighted by Gasteiger charge is 2.47. The number of sulfonamides is 1. The van der Waals surface area contributed by atoms with Gasteiger partial charge < -0.3 is 15.1 Å². The number of rotatable bonds is 7.